The summed E-state index contributed by atoms with van der Waals surface area (Å²) in [6.45, 7) is 4.20. The molecule has 1 saturated heterocycles. The molecule has 17 heavy (non-hydrogen) atoms. The van der Waals surface area contributed by atoms with Crippen LogP contribution in [0.5, 0.6) is 0 Å². The van der Waals surface area contributed by atoms with E-state index in [0.29, 0.717) is 25.9 Å². The molecule has 5 nitrogen and oxygen atoms in total. The fourth-order valence-electron chi connectivity index (χ4n) is 1.86. The molecule has 6 heteroatoms. The monoisotopic (exact) mass is 260 g/mol. The molecule has 2 amide bonds. The molecule has 0 saturated carbocycles. The predicted molar refractivity (Wildman–Crippen MR) is 67.9 cm³/mol. The van der Waals surface area contributed by atoms with Crippen LogP contribution in [0, 0.1) is 0 Å². The van der Waals surface area contributed by atoms with Crippen LogP contribution in [0.25, 0.3) is 0 Å². The molecule has 1 unspecified atom stereocenters. The summed E-state index contributed by atoms with van der Waals surface area (Å²) in [5, 5.41) is 12.4. The molecule has 0 radical (unpaired) electrons. The number of rotatable bonds is 3. The zero-order valence-electron chi connectivity index (χ0n) is 10.3. The number of carbonyl (C=O) groups excluding carboxylic acids is 2. The Morgan fingerprint density at radius 1 is 1.47 bits per heavy atom. The molecule has 98 valence electrons. The van der Waals surface area contributed by atoms with Crippen molar-refractivity contribution in [2.75, 3.05) is 18.8 Å². The Labute approximate surface area is 107 Å². The van der Waals surface area contributed by atoms with Crippen molar-refractivity contribution in [2.45, 2.75) is 38.3 Å². The lowest BCUT2D eigenvalue weighted by Crippen LogP contribution is -2.53. The number of amides is 2. The van der Waals surface area contributed by atoms with Crippen LogP contribution in [0.15, 0.2) is 0 Å². The van der Waals surface area contributed by atoms with Gasteiger partial charge in [-0.05, 0) is 19.8 Å². The van der Waals surface area contributed by atoms with E-state index in [1.807, 2.05) is 0 Å². The Morgan fingerprint density at radius 3 is 2.41 bits per heavy atom. The van der Waals surface area contributed by atoms with Gasteiger partial charge in [0.15, 0.2) is 0 Å². The minimum atomic E-state index is -0.679. The maximum absolute atomic E-state index is 12.1. The van der Waals surface area contributed by atoms with Gasteiger partial charge in [0.2, 0.25) is 11.8 Å². The van der Waals surface area contributed by atoms with Crippen molar-refractivity contribution >= 4 is 24.4 Å². The number of carbonyl (C=O) groups is 2. The first-order valence-electron chi connectivity index (χ1n) is 5.75. The van der Waals surface area contributed by atoms with Crippen LogP contribution < -0.4 is 5.32 Å². The standard InChI is InChI=1S/C11H20N2O3S/c1-8(14)12-9(7-17)10(15)13-5-3-11(2,16)4-6-13/h9,16-17H,3-7H2,1-2H3,(H,12,14). The number of hydrogen-bond acceptors (Lipinski definition) is 4. The highest BCUT2D eigenvalue weighted by Gasteiger charge is 2.32. The van der Waals surface area contributed by atoms with E-state index in [9.17, 15) is 14.7 Å². The van der Waals surface area contributed by atoms with Crippen LogP contribution in [-0.4, -0.2) is 52.3 Å². The molecule has 0 aromatic carbocycles. The number of nitrogens with zero attached hydrogens (tertiary/aromatic N) is 1. The van der Waals surface area contributed by atoms with Crippen LogP contribution in [0.4, 0.5) is 0 Å². The minimum Gasteiger partial charge on any atom is -0.390 e. The van der Waals surface area contributed by atoms with E-state index < -0.39 is 11.6 Å². The van der Waals surface area contributed by atoms with Crippen LogP contribution in [0.2, 0.25) is 0 Å². The second-order valence-electron chi connectivity index (χ2n) is 4.76. The van der Waals surface area contributed by atoms with E-state index in [-0.39, 0.29) is 17.6 Å². The number of thiol groups is 1. The number of aliphatic hydroxyl groups is 1. The molecule has 1 rings (SSSR count). The first kappa shape index (κ1) is 14.3. The lowest BCUT2D eigenvalue weighted by molar-refractivity contribution is -0.138. The van der Waals surface area contributed by atoms with Crippen molar-refractivity contribution in [3.05, 3.63) is 0 Å². The van der Waals surface area contributed by atoms with Gasteiger partial charge in [-0.15, -0.1) is 0 Å². The second kappa shape index (κ2) is 5.73. The molecule has 0 aliphatic carbocycles. The molecular formula is C11H20N2O3S. The minimum absolute atomic E-state index is 0.120. The van der Waals surface area contributed by atoms with Crippen LogP contribution in [0.1, 0.15) is 26.7 Å². The normalized spacial score (nSPS) is 20.8. The van der Waals surface area contributed by atoms with Crippen molar-refractivity contribution in [2.24, 2.45) is 0 Å². The third-order valence-electron chi connectivity index (χ3n) is 3.01. The number of piperidine rings is 1. The molecule has 0 bridgehead atoms. The SMILES string of the molecule is CC(=O)NC(CS)C(=O)N1CCC(C)(O)CC1. The van der Waals surface area contributed by atoms with Gasteiger partial charge in [-0.2, -0.15) is 12.6 Å². The van der Waals surface area contributed by atoms with Gasteiger partial charge in [-0.1, -0.05) is 0 Å². The smallest absolute Gasteiger partial charge is 0.245 e. The summed E-state index contributed by atoms with van der Waals surface area (Å²) in [6.07, 6.45) is 1.14. The van der Waals surface area contributed by atoms with Gasteiger partial charge in [0.05, 0.1) is 5.60 Å². The molecule has 1 heterocycles. The fourth-order valence-corrected chi connectivity index (χ4v) is 2.11. The van der Waals surface area contributed by atoms with Crippen LogP contribution >= 0.6 is 12.6 Å². The van der Waals surface area contributed by atoms with E-state index in [1.165, 1.54) is 6.92 Å². The summed E-state index contributed by atoms with van der Waals surface area (Å²) >= 11 is 4.07. The van der Waals surface area contributed by atoms with Crippen molar-refractivity contribution in [3.8, 4) is 0 Å². The van der Waals surface area contributed by atoms with E-state index in [0.717, 1.165) is 0 Å². The number of hydrogen-bond donors (Lipinski definition) is 3. The molecule has 1 fully saturated rings. The zero-order chi connectivity index (χ0) is 13.1. The van der Waals surface area contributed by atoms with E-state index >= 15 is 0 Å². The van der Waals surface area contributed by atoms with Crippen molar-refractivity contribution in [1.29, 1.82) is 0 Å². The van der Waals surface area contributed by atoms with Gasteiger partial charge in [-0.25, -0.2) is 0 Å². The Bertz CT molecular complexity index is 297. The van der Waals surface area contributed by atoms with E-state index in [4.69, 9.17) is 0 Å². The summed E-state index contributed by atoms with van der Waals surface area (Å²) in [7, 11) is 0. The third kappa shape index (κ3) is 4.20. The molecule has 0 aromatic heterocycles. The Kier molecular flexibility index (Phi) is 4.82. The summed E-state index contributed by atoms with van der Waals surface area (Å²) in [6, 6.07) is -0.570. The van der Waals surface area contributed by atoms with Gasteiger partial charge in [0, 0.05) is 25.8 Å². The zero-order valence-corrected chi connectivity index (χ0v) is 11.2. The van der Waals surface area contributed by atoms with Crippen molar-refractivity contribution in [3.63, 3.8) is 0 Å². The van der Waals surface area contributed by atoms with Gasteiger partial charge >= 0.3 is 0 Å². The molecule has 1 atom stereocenters. The maximum Gasteiger partial charge on any atom is 0.245 e. The quantitative estimate of drug-likeness (QED) is 0.615. The third-order valence-corrected chi connectivity index (χ3v) is 3.38. The fraction of sp³-hybridized carbons (Fsp3) is 0.818. The average Bonchev–Trinajstić information content (AvgIpc) is 2.24. The maximum atomic E-state index is 12.1. The molecule has 1 aliphatic heterocycles. The van der Waals surface area contributed by atoms with Gasteiger partial charge in [0.1, 0.15) is 6.04 Å². The summed E-state index contributed by atoms with van der Waals surface area (Å²) in [5.74, 6) is -0.0715. The Morgan fingerprint density at radius 2 is 2.00 bits per heavy atom. The molecular weight excluding hydrogens is 240 g/mol. The number of likely N-dealkylation sites (tertiary alicyclic amines) is 1. The first-order chi connectivity index (χ1) is 7.85. The van der Waals surface area contributed by atoms with Gasteiger partial charge < -0.3 is 15.3 Å². The van der Waals surface area contributed by atoms with Crippen LogP contribution in [0.3, 0.4) is 0 Å². The first-order valence-corrected chi connectivity index (χ1v) is 6.38. The lowest BCUT2D eigenvalue weighted by atomic mass is 9.93. The summed E-state index contributed by atoms with van der Waals surface area (Å²) in [4.78, 5) is 24.7. The van der Waals surface area contributed by atoms with Crippen molar-refractivity contribution < 1.29 is 14.7 Å². The molecule has 0 spiro atoms. The van der Waals surface area contributed by atoms with Crippen LogP contribution in [-0.2, 0) is 9.59 Å². The molecule has 1 aliphatic rings. The predicted octanol–water partition coefficient (Wildman–Crippen LogP) is -0.206. The molecule has 0 aromatic rings. The largest absolute Gasteiger partial charge is 0.390 e. The topological polar surface area (TPSA) is 69.6 Å². The molecule has 2 N–H and O–H groups in total. The van der Waals surface area contributed by atoms with Crippen molar-refractivity contribution in [1.82, 2.24) is 10.2 Å². The van der Waals surface area contributed by atoms with E-state index in [1.54, 1.807) is 11.8 Å². The highest BCUT2D eigenvalue weighted by molar-refractivity contribution is 7.80. The Hall–Kier alpha value is -0.750. The average molecular weight is 260 g/mol. The lowest BCUT2D eigenvalue weighted by Gasteiger charge is -2.37. The summed E-state index contributed by atoms with van der Waals surface area (Å²) in [5.41, 5.74) is -0.679. The second-order valence-corrected chi connectivity index (χ2v) is 5.12. The van der Waals surface area contributed by atoms with E-state index in [2.05, 4.69) is 17.9 Å². The highest BCUT2D eigenvalue weighted by atomic mass is 32.1. The van der Waals surface area contributed by atoms with Gasteiger partial charge in [0.25, 0.3) is 0 Å². The Balaban J connectivity index is 2.55. The number of nitrogens with one attached hydrogen (secondary N) is 1. The highest BCUT2D eigenvalue weighted by Crippen LogP contribution is 2.21. The summed E-state index contributed by atoms with van der Waals surface area (Å²) < 4.78 is 0. The van der Waals surface area contributed by atoms with Gasteiger partial charge in [-0.3, -0.25) is 9.59 Å².